The first-order valence-electron chi connectivity index (χ1n) is 4.97. The van der Waals surface area contributed by atoms with Gasteiger partial charge >= 0.3 is 15.4 Å². The zero-order chi connectivity index (χ0) is 14.0. The van der Waals surface area contributed by atoms with E-state index >= 15 is 0 Å². The fourth-order valence-corrected chi connectivity index (χ4v) is 1.56. The van der Waals surface area contributed by atoms with Crippen LogP contribution in [0.2, 0.25) is 0 Å². The van der Waals surface area contributed by atoms with Crippen LogP contribution in [0.15, 0.2) is 36.5 Å². The number of halogens is 1. The molecule has 0 bridgehead atoms. The van der Waals surface area contributed by atoms with Crippen molar-refractivity contribution in [3.05, 3.63) is 42.3 Å². The summed E-state index contributed by atoms with van der Waals surface area (Å²) in [4.78, 5) is 11.0. The average Bonchev–Trinajstić information content (AvgIpc) is 2.76. The highest BCUT2D eigenvalue weighted by atomic mass is 32.2. The van der Waals surface area contributed by atoms with Crippen molar-refractivity contribution in [2.24, 2.45) is 0 Å². The number of nitrogens with zero attached hydrogens (tertiary/aromatic N) is 2. The van der Waals surface area contributed by atoms with Crippen molar-refractivity contribution in [1.29, 1.82) is 0 Å². The Bertz CT molecular complexity index is 726. The van der Waals surface area contributed by atoms with Crippen molar-refractivity contribution in [3.63, 3.8) is 0 Å². The van der Waals surface area contributed by atoms with Crippen molar-refractivity contribution in [2.75, 3.05) is 5.32 Å². The summed E-state index contributed by atoms with van der Waals surface area (Å²) >= 11 is 0. The molecule has 2 N–H and O–H groups in total. The van der Waals surface area contributed by atoms with Gasteiger partial charge < -0.3 is 0 Å². The highest BCUT2D eigenvalue weighted by Gasteiger charge is 2.19. The molecule has 1 heterocycles. The van der Waals surface area contributed by atoms with Gasteiger partial charge in [0.2, 0.25) is 0 Å². The van der Waals surface area contributed by atoms with Crippen LogP contribution in [-0.2, 0) is 10.1 Å². The Morgan fingerprint density at radius 1 is 1.32 bits per heavy atom. The van der Waals surface area contributed by atoms with Gasteiger partial charge in [0, 0.05) is 12.3 Å². The Kier molecular flexibility index (Phi) is 3.32. The Balaban J connectivity index is 2.26. The lowest BCUT2D eigenvalue weighted by Crippen LogP contribution is -2.20. The highest BCUT2D eigenvalue weighted by Crippen LogP contribution is 2.14. The number of carbonyl (C=O) groups excluding carboxylic acids is 1. The van der Waals surface area contributed by atoms with E-state index in [0.29, 0.717) is 0 Å². The largest absolute Gasteiger partial charge is 0.369 e. The SMILES string of the molecule is O=C(Nc1ccn(-c2ccccc2F)n1)S(=O)(=O)O. The lowest BCUT2D eigenvalue weighted by molar-refractivity contribution is 0.265. The van der Waals surface area contributed by atoms with Gasteiger partial charge in [-0.25, -0.2) is 9.07 Å². The number of anilines is 1. The van der Waals surface area contributed by atoms with E-state index in [1.165, 1.54) is 30.5 Å². The number of aromatic nitrogens is 2. The third kappa shape index (κ3) is 2.95. The van der Waals surface area contributed by atoms with Crippen molar-refractivity contribution in [1.82, 2.24) is 9.78 Å². The molecule has 0 aliphatic heterocycles. The maximum absolute atomic E-state index is 13.5. The number of hydrogen-bond acceptors (Lipinski definition) is 4. The van der Waals surface area contributed by atoms with Crippen LogP contribution in [0.5, 0.6) is 0 Å². The van der Waals surface area contributed by atoms with Gasteiger partial charge in [0.05, 0.1) is 0 Å². The van der Waals surface area contributed by atoms with Gasteiger partial charge in [-0.05, 0) is 12.1 Å². The highest BCUT2D eigenvalue weighted by molar-refractivity contribution is 8.01. The second kappa shape index (κ2) is 4.78. The molecule has 0 fully saturated rings. The first kappa shape index (κ1) is 13.2. The van der Waals surface area contributed by atoms with Crippen molar-refractivity contribution < 1.29 is 22.2 Å². The maximum Gasteiger partial charge on any atom is 0.369 e. The lowest BCUT2D eigenvalue weighted by atomic mass is 10.3. The molecule has 0 saturated heterocycles. The number of hydrogen-bond donors (Lipinski definition) is 2. The molecule has 0 aliphatic rings. The molecule has 0 radical (unpaired) electrons. The predicted octanol–water partition coefficient (Wildman–Crippen LogP) is 1.43. The molecule has 7 nitrogen and oxygen atoms in total. The van der Waals surface area contributed by atoms with Crippen LogP contribution < -0.4 is 5.32 Å². The second-order valence-corrected chi connectivity index (χ2v) is 4.81. The molecule has 2 rings (SSSR count). The molecule has 0 atom stereocenters. The zero-order valence-electron chi connectivity index (χ0n) is 9.32. The van der Waals surface area contributed by atoms with Crippen LogP contribution in [0.1, 0.15) is 0 Å². The quantitative estimate of drug-likeness (QED) is 0.813. The van der Waals surface area contributed by atoms with E-state index in [1.54, 1.807) is 6.07 Å². The van der Waals surface area contributed by atoms with E-state index < -0.39 is 21.2 Å². The van der Waals surface area contributed by atoms with Crippen LogP contribution >= 0.6 is 0 Å². The average molecular weight is 285 g/mol. The van der Waals surface area contributed by atoms with Gasteiger partial charge in [-0.2, -0.15) is 8.42 Å². The Morgan fingerprint density at radius 2 is 2.00 bits per heavy atom. The molecule has 1 amide bonds. The molecule has 0 spiro atoms. The van der Waals surface area contributed by atoms with Gasteiger partial charge in [0.25, 0.3) is 0 Å². The van der Waals surface area contributed by atoms with Gasteiger partial charge in [-0.1, -0.05) is 12.1 Å². The number of amides is 1. The van der Waals surface area contributed by atoms with Gasteiger partial charge in [0.1, 0.15) is 11.5 Å². The molecule has 9 heteroatoms. The first-order valence-corrected chi connectivity index (χ1v) is 6.41. The number of rotatable bonds is 2. The molecule has 0 unspecified atom stereocenters. The molecule has 0 aliphatic carbocycles. The molecule has 0 saturated carbocycles. The summed E-state index contributed by atoms with van der Waals surface area (Å²) in [5.74, 6) is -0.663. The minimum atomic E-state index is -4.84. The minimum absolute atomic E-state index is 0.133. The lowest BCUT2D eigenvalue weighted by Gasteiger charge is -2.02. The standard InChI is InChI=1S/C10H8FN3O4S/c11-7-3-1-2-4-8(7)14-6-5-9(13-14)12-10(15)19(16,17)18/h1-6H,(H,12,13,15)(H,16,17,18). The van der Waals surface area contributed by atoms with E-state index in [1.807, 2.05) is 5.32 Å². The van der Waals surface area contributed by atoms with Crippen LogP contribution in [0.25, 0.3) is 5.69 Å². The summed E-state index contributed by atoms with van der Waals surface area (Å²) in [7, 11) is -4.84. The molecule has 19 heavy (non-hydrogen) atoms. The number of para-hydroxylation sites is 1. The normalized spacial score (nSPS) is 11.3. The maximum atomic E-state index is 13.5. The number of carbonyl (C=O) groups is 1. The van der Waals surface area contributed by atoms with Gasteiger partial charge in [0.15, 0.2) is 5.82 Å². The molecule has 1 aromatic carbocycles. The third-order valence-corrected chi connectivity index (χ3v) is 2.72. The Labute approximate surface area is 107 Å². The zero-order valence-corrected chi connectivity index (χ0v) is 10.1. The topological polar surface area (TPSA) is 101 Å². The summed E-state index contributed by atoms with van der Waals surface area (Å²) in [6.45, 7) is 0. The molecular weight excluding hydrogens is 277 g/mol. The van der Waals surface area contributed by atoms with E-state index in [0.717, 1.165) is 4.68 Å². The first-order chi connectivity index (χ1) is 8.88. The van der Waals surface area contributed by atoms with Gasteiger partial charge in [-0.3, -0.25) is 14.7 Å². The van der Waals surface area contributed by atoms with Gasteiger partial charge in [-0.15, -0.1) is 5.10 Å². The van der Waals surface area contributed by atoms with Crippen molar-refractivity contribution in [3.8, 4) is 5.69 Å². The van der Waals surface area contributed by atoms with Crippen LogP contribution in [0.3, 0.4) is 0 Å². The van der Waals surface area contributed by atoms with Crippen LogP contribution in [0, 0.1) is 5.82 Å². The van der Waals surface area contributed by atoms with E-state index in [2.05, 4.69) is 5.10 Å². The van der Waals surface area contributed by atoms with Crippen molar-refractivity contribution >= 4 is 21.2 Å². The van der Waals surface area contributed by atoms with Crippen molar-refractivity contribution in [2.45, 2.75) is 0 Å². The molecule has 100 valence electrons. The fraction of sp³-hybridized carbons (Fsp3) is 0. The van der Waals surface area contributed by atoms with Crippen LogP contribution in [0.4, 0.5) is 15.0 Å². The molecule has 2 aromatic rings. The second-order valence-electron chi connectivity index (χ2n) is 3.48. The molecular formula is C10H8FN3O4S. The molecule has 1 aromatic heterocycles. The summed E-state index contributed by atoms with van der Waals surface area (Å²) < 4.78 is 44.1. The summed E-state index contributed by atoms with van der Waals surface area (Å²) in [6.07, 6.45) is 1.33. The number of benzene rings is 1. The minimum Gasteiger partial charge on any atom is -0.294 e. The fourth-order valence-electron chi connectivity index (χ4n) is 1.33. The number of nitrogens with one attached hydrogen (secondary N) is 1. The van der Waals surface area contributed by atoms with E-state index in [4.69, 9.17) is 4.55 Å². The third-order valence-electron chi connectivity index (χ3n) is 2.15. The Morgan fingerprint density at radius 3 is 2.63 bits per heavy atom. The summed E-state index contributed by atoms with van der Waals surface area (Å²) in [5.41, 5.74) is 0.134. The summed E-state index contributed by atoms with van der Waals surface area (Å²) in [6, 6.07) is 7.04. The Hall–Kier alpha value is -2.26. The monoisotopic (exact) mass is 285 g/mol. The predicted molar refractivity (Wildman–Crippen MR) is 64.1 cm³/mol. The van der Waals surface area contributed by atoms with Crippen LogP contribution in [-0.4, -0.2) is 28.0 Å². The summed E-state index contributed by atoms with van der Waals surface area (Å²) in [5, 5.41) is 4.02. The van der Waals surface area contributed by atoms with E-state index in [9.17, 15) is 17.6 Å². The smallest absolute Gasteiger partial charge is 0.294 e. The van der Waals surface area contributed by atoms with E-state index in [-0.39, 0.29) is 11.5 Å².